The van der Waals surface area contributed by atoms with E-state index >= 15 is 0 Å². The van der Waals surface area contributed by atoms with Crippen molar-refractivity contribution in [3.8, 4) is 0 Å². The minimum absolute atomic E-state index is 0.0862. The lowest BCUT2D eigenvalue weighted by atomic mass is 10.1. The van der Waals surface area contributed by atoms with E-state index in [0.29, 0.717) is 24.2 Å². The van der Waals surface area contributed by atoms with Gasteiger partial charge >= 0.3 is 6.18 Å². The van der Waals surface area contributed by atoms with Crippen molar-refractivity contribution in [1.29, 1.82) is 0 Å². The second-order valence-corrected chi connectivity index (χ2v) is 5.31. The highest BCUT2D eigenvalue weighted by Gasteiger charge is 2.30. The van der Waals surface area contributed by atoms with Gasteiger partial charge in [-0.2, -0.15) is 13.2 Å². The van der Waals surface area contributed by atoms with Gasteiger partial charge in [0.2, 0.25) is 0 Å². The van der Waals surface area contributed by atoms with E-state index in [-0.39, 0.29) is 6.04 Å². The fourth-order valence-electron chi connectivity index (χ4n) is 2.58. The molecule has 1 unspecified atom stereocenters. The molecule has 112 valence electrons. The summed E-state index contributed by atoms with van der Waals surface area (Å²) in [7, 11) is 0. The molecule has 0 spiro atoms. The van der Waals surface area contributed by atoms with Crippen molar-refractivity contribution >= 4 is 0 Å². The molecule has 2 aromatic rings. The second kappa shape index (κ2) is 5.14. The van der Waals surface area contributed by atoms with Gasteiger partial charge < -0.3 is 10.3 Å². The second-order valence-electron chi connectivity index (χ2n) is 5.31. The molecule has 0 bridgehead atoms. The number of halogens is 3. The Kier molecular flexibility index (Phi) is 3.44. The molecule has 1 atom stereocenters. The summed E-state index contributed by atoms with van der Waals surface area (Å²) in [6, 6.07) is 5.41. The molecule has 2 N–H and O–H groups in total. The van der Waals surface area contributed by atoms with Crippen LogP contribution in [0.15, 0.2) is 24.3 Å². The summed E-state index contributed by atoms with van der Waals surface area (Å²) < 4.78 is 40.1. The number of fused-ring (bicyclic) bond motifs is 1. The predicted octanol–water partition coefficient (Wildman–Crippen LogP) is 2.16. The van der Waals surface area contributed by atoms with Gasteiger partial charge in [-0.25, -0.2) is 0 Å². The number of rotatable bonds is 2. The third-order valence-electron chi connectivity index (χ3n) is 3.69. The van der Waals surface area contributed by atoms with Gasteiger partial charge in [-0.15, -0.1) is 10.2 Å². The first-order valence-corrected chi connectivity index (χ1v) is 6.76. The van der Waals surface area contributed by atoms with Crippen molar-refractivity contribution in [2.75, 3.05) is 0 Å². The van der Waals surface area contributed by atoms with E-state index in [0.717, 1.165) is 30.9 Å². The summed E-state index contributed by atoms with van der Waals surface area (Å²) in [5, 5.41) is 8.18. The van der Waals surface area contributed by atoms with Crippen molar-refractivity contribution < 1.29 is 13.2 Å². The Bertz CT molecular complexity index is 648. The van der Waals surface area contributed by atoms with Crippen LogP contribution >= 0.6 is 0 Å². The van der Waals surface area contributed by atoms with E-state index in [1.807, 2.05) is 4.57 Å². The van der Waals surface area contributed by atoms with Crippen LogP contribution in [0.2, 0.25) is 0 Å². The number of hydrogen-bond donors (Lipinski definition) is 1. The molecule has 21 heavy (non-hydrogen) atoms. The van der Waals surface area contributed by atoms with Crippen LogP contribution in [0.3, 0.4) is 0 Å². The summed E-state index contributed by atoms with van der Waals surface area (Å²) in [5.41, 5.74) is 5.81. The molecule has 0 saturated heterocycles. The highest BCUT2D eigenvalue weighted by molar-refractivity contribution is 5.28. The highest BCUT2D eigenvalue weighted by atomic mass is 19.4. The molecule has 4 nitrogen and oxygen atoms in total. The lowest BCUT2D eigenvalue weighted by Gasteiger charge is -2.20. The van der Waals surface area contributed by atoms with E-state index in [1.54, 1.807) is 6.07 Å². The average molecular weight is 296 g/mol. The quantitative estimate of drug-likeness (QED) is 0.924. The van der Waals surface area contributed by atoms with E-state index in [4.69, 9.17) is 5.73 Å². The Morgan fingerprint density at radius 1 is 1.29 bits per heavy atom. The van der Waals surface area contributed by atoms with Crippen molar-refractivity contribution in [2.24, 2.45) is 5.73 Å². The van der Waals surface area contributed by atoms with Gasteiger partial charge in [0, 0.05) is 25.4 Å². The number of hydrogen-bond acceptors (Lipinski definition) is 3. The Hall–Kier alpha value is -1.89. The smallest absolute Gasteiger partial charge is 0.327 e. The van der Waals surface area contributed by atoms with Crippen LogP contribution in [0.5, 0.6) is 0 Å². The Labute approximate surface area is 119 Å². The Morgan fingerprint density at radius 3 is 2.86 bits per heavy atom. The number of benzene rings is 1. The fourth-order valence-corrected chi connectivity index (χ4v) is 2.58. The van der Waals surface area contributed by atoms with Crippen LogP contribution in [0.4, 0.5) is 13.2 Å². The highest BCUT2D eigenvalue weighted by Crippen LogP contribution is 2.30. The van der Waals surface area contributed by atoms with Gasteiger partial charge in [0.05, 0.1) is 5.56 Å². The summed E-state index contributed by atoms with van der Waals surface area (Å²) in [6.45, 7) is 0.720. The van der Waals surface area contributed by atoms with Crippen LogP contribution < -0.4 is 5.73 Å². The first kappa shape index (κ1) is 14.1. The molecule has 1 aliphatic heterocycles. The molecular formula is C14H15F3N4. The number of alkyl halides is 3. The summed E-state index contributed by atoms with van der Waals surface area (Å²) in [6.07, 6.45) is -2.49. The van der Waals surface area contributed by atoms with Gasteiger partial charge in [-0.1, -0.05) is 18.2 Å². The third-order valence-corrected chi connectivity index (χ3v) is 3.69. The standard InChI is InChI=1S/C14H15F3N4/c15-14(16,17)10-3-1-2-9(6-10)7-12-19-20-13-8-11(18)4-5-21(12)13/h1-3,6,11H,4-5,7-8,18H2. The maximum Gasteiger partial charge on any atom is 0.416 e. The van der Waals surface area contributed by atoms with Crippen molar-refractivity contribution in [1.82, 2.24) is 14.8 Å². The number of aromatic nitrogens is 3. The largest absolute Gasteiger partial charge is 0.416 e. The van der Waals surface area contributed by atoms with Crippen LogP contribution in [0.25, 0.3) is 0 Å². The summed E-state index contributed by atoms with van der Waals surface area (Å²) in [4.78, 5) is 0. The molecule has 1 aromatic carbocycles. The Morgan fingerprint density at radius 2 is 2.10 bits per heavy atom. The molecule has 0 fully saturated rings. The maximum atomic E-state index is 12.7. The normalized spacial score (nSPS) is 18.6. The zero-order chi connectivity index (χ0) is 15.0. The van der Waals surface area contributed by atoms with Crippen molar-refractivity contribution in [2.45, 2.75) is 38.0 Å². The zero-order valence-electron chi connectivity index (χ0n) is 11.3. The molecule has 0 amide bonds. The molecule has 2 heterocycles. The first-order chi connectivity index (χ1) is 9.93. The van der Waals surface area contributed by atoms with E-state index in [9.17, 15) is 13.2 Å². The van der Waals surface area contributed by atoms with E-state index < -0.39 is 11.7 Å². The van der Waals surface area contributed by atoms with Crippen LogP contribution in [-0.4, -0.2) is 20.8 Å². The molecular weight excluding hydrogens is 281 g/mol. The lowest BCUT2D eigenvalue weighted by molar-refractivity contribution is -0.137. The van der Waals surface area contributed by atoms with Gasteiger partial charge in [0.1, 0.15) is 11.6 Å². The monoisotopic (exact) mass is 296 g/mol. The maximum absolute atomic E-state index is 12.7. The average Bonchev–Trinajstić information content (AvgIpc) is 2.80. The van der Waals surface area contributed by atoms with E-state index in [1.165, 1.54) is 6.07 Å². The minimum atomic E-state index is -4.33. The van der Waals surface area contributed by atoms with Crippen molar-refractivity contribution in [3.05, 3.63) is 47.0 Å². The lowest BCUT2D eigenvalue weighted by Crippen LogP contribution is -2.31. The topological polar surface area (TPSA) is 56.7 Å². The molecule has 0 radical (unpaired) electrons. The predicted molar refractivity (Wildman–Crippen MR) is 70.6 cm³/mol. The SMILES string of the molecule is NC1CCn2c(Cc3cccc(C(F)(F)F)c3)nnc2C1. The first-order valence-electron chi connectivity index (χ1n) is 6.76. The summed E-state index contributed by atoms with van der Waals surface area (Å²) >= 11 is 0. The molecule has 1 aromatic heterocycles. The Balaban J connectivity index is 1.85. The minimum Gasteiger partial charge on any atom is -0.327 e. The van der Waals surface area contributed by atoms with Crippen LogP contribution in [0.1, 0.15) is 29.2 Å². The van der Waals surface area contributed by atoms with Gasteiger partial charge in [0.15, 0.2) is 0 Å². The van der Waals surface area contributed by atoms with Crippen LogP contribution in [-0.2, 0) is 25.6 Å². The summed E-state index contributed by atoms with van der Waals surface area (Å²) in [5.74, 6) is 1.51. The molecule has 0 saturated carbocycles. The molecule has 3 rings (SSSR count). The van der Waals surface area contributed by atoms with Gasteiger partial charge in [-0.3, -0.25) is 0 Å². The molecule has 7 heteroatoms. The van der Waals surface area contributed by atoms with Gasteiger partial charge in [0.25, 0.3) is 0 Å². The van der Waals surface area contributed by atoms with Gasteiger partial charge in [-0.05, 0) is 18.1 Å². The fraction of sp³-hybridized carbons (Fsp3) is 0.429. The number of nitrogens with two attached hydrogens (primary N) is 1. The van der Waals surface area contributed by atoms with Crippen molar-refractivity contribution in [3.63, 3.8) is 0 Å². The molecule has 0 aliphatic carbocycles. The van der Waals surface area contributed by atoms with E-state index in [2.05, 4.69) is 10.2 Å². The zero-order valence-corrected chi connectivity index (χ0v) is 11.3. The number of nitrogens with zero attached hydrogens (tertiary/aromatic N) is 3. The van der Waals surface area contributed by atoms with Crippen LogP contribution in [0, 0.1) is 0 Å². The third kappa shape index (κ3) is 2.92. The molecule has 1 aliphatic rings.